The lowest BCUT2D eigenvalue weighted by molar-refractivity contribution is 0.212. The monoisotopic (exact) mass is 471 g/mol. The van der Waals surface area contributed by atoms with E-state index in [-0.39, 0.29) is 11.4 Å². The first kappa shape index (κ1) is 21.7. The van der Waals surface area contributed by atoms with Crippen LogP contribution in [0.3, 0.4) is 0 Å². The van der Waals surface area contributed by atoms with Crippen LogP contribution in [0.5, 0.6) is 5.75 Å². The van der Waals surface area contributed by atoms with E-state index in [1.807, 2.05) is 22.9 Å². The Hall–Kier alpha value is -3.85. The van der Waals surface area contributed by atoms with Gasteiger partial charge in [0.15, 0.2) is 5.82 Å². The van der Waals surface area contributed by atoms with Gasteiger partial charge in [-0.05, 0) is 50.2 Å². The third kappa shape index (κ3) is 3.91. The number of methoxy groups -OCH3 is 1. The number of aromatic nitrogens is 5. The molecule has 0 N–H and O–H groups in total. The van der Waals surface area contributed by atoms with Crippen molar-refractivity contribution in [3.05, 3.63) is 67.0 Å². The summed E-state index contributed by atoms with van der Waals surface area (Å²) in [5.74, 6) is 1.96. The maximum absolute atomic E-state index is 14.6. The fourth-order valence-electron chi connectivity index (χ4n) is 5.13. The maximum atomic E-state index is 14.6. The molecule has 0 radical (unpaired) electrons. The lowest BCUT2D eigenvalue weighted by Crippen LogP contribution is -2.52. The van der Waals surface area contributed by atoms with Gasteiger partial charge in [-0.2, -0.15) is 0 Å². The zero-order valence-electron chi connectivity index (χ0n) is 19.7. The summed E-state index contributed by atoms with van der Waals surface area (Å²) in [7, 11) is 3.73. The number of pyridine rings is 1. The molecule has 2 bridgehead atoms. The molecule has 2 aliphatic heterocycles. The van der Waals surface area contributed by atoms with E-state index in [9.17, 15) is 4.39 Å². The largest absolute Gasteiger partial charge is 0.496 e. The highest BCUT2D eigenvalue weighted by atomic mass is 19.1. The summed E-state index contributed by atoms with van der Waals surface area (Å²) in [6.07, 6.45) is 7.71. The number of likely N-dealkylation sites (N-methyl/N-ethyl adjacent to an activating group) is 1. The van der Waals surface area contributed by atoms with Crippen LogP contribution in [0.2, 0.25) is 0 Å². The molecule has 1 aromatic carbocycles. The van der Waals surface area contributed by atoms with Crippen molar-refractivity contribution >= 4 is 5.82 Å². The van der Waals surface area contributed by atoms with Crippen LogP contribution in [0.4, 0.5) is 10.2 Å². The van der Waals surface area contributed by atoms with E-state index in [1.54, 1.807) is 30.7 Å². The second-order valence-corrected chi connectivity index (χ2v) is 9.06. The van der Waals surface area contributed by atoms with Gasteiger partial charge in [0.2, 0.25) is 0 Å². The number of halogens is 1. The minimum Gasteiger partial charge on any atom is -0.496 e. The maximum Gasteiger partial charge on any atom is 0.166 e. The molecular formula is C26H26FN7O. The molecule has 0 saturated carbocycles. The predicted octanol–water partition coefficient (Wildman–Crippen LogP) is 3.82. The number of fused-ring (bicyclic) bond motifs is 2. The third-order valence-corrected chi connectivity index (χ3v) is 7.08. The van der Waals surface area contributed by atoms with Gasteiger partial charge in [-0.1, -0.05) is 12.1 Å². The fourth-order valence-corrected chi connectivity index (χ4v) is 5.13. The van der Waals surface area contributed by atoms with Gasteiger partial charge >= 0.3 is 0 Å². The van der Waals surface area contributed by atoms with Crippen LogP contribution >= 0.6 is 0 Å². The molecule has 2 atom stereocenters. The van der Waals surface area contributed by atoms with E-state index in [4.69, 9.17) is 9.72 Å². The molecule has 2 aliphatic rings. The van der Waals surface area contributed by atoms with Crippen molar-refractivity contribution in [2.45, 2.75) is 24.9 Å². The summed E-state index contributed by atoms with van der Waals surface area (Å²) in [5.41, 5.74) is 1.46. The average molecular weight is 472 g/mol. The Morgan fingerprint density at radius 1 is 0.914 bits per heavy atom. The molecule has 5 heterocycles. The number of hydrogen-bond donors (Lipinski definition) is 0. The van der Waals surface area contributed by atoms with Crippen LogP contribution in [-0.4, -0.2) is 68.7 Å². The zero-order valence-corrected chi connectivity index (χ0v) is 19.7. The summed E-state index contributed by atoms with van der Waals surface area (Å²) in [6, 6.07) is 13.7. The fraction of sp³-hybridized carbons (Fsp3) is 0.308. The lowest BCUT2D eigenvalue weighted by atomic mass is 10.1. The highest BCUT2D eigenvalue weighted by Gasteiger charge is 2.37. The van der Waals surface area contributed by atoms with Crippen LogP contribution in [0.1, 0.15) is 12.8 Å². The van der Waals surface area contributed by atoms with Crippen molar-refractivity contribution < 1.29 is 9.13 Å². The Balaban J connectivity index is 1.28. The van der Waals surface area contributed by atoms with Crippen molar-refractivity contribution in [1.29, 1.82) is 0 Å². The summed E-state index contributed by atoms with van der Waals surface area (Å²) in [6.45, 7) is 2.00. The van der Waals surface area contributed by atoms with E-state index >= 15 is 0 Å². The molecule has 2 saturated heterocycles. The van der Waals surface area contributed by atoms with E-state index in [2.05, 4.69) is 37.9 Å². The normalized spacial score (nSPS) is 19.8. The molecule has 6 rings (SSSR count). The first-order valence-electron chi connectivity index (χ1n) is 11.8. The molecule has 4 aromatic rings. The Kier molecular flexibility index (Phi) is 5.41. The molecular weight excluding hydrogens is 445 g/mol. The van der Waals surface area contributed by atoms with E-state index < -0.39 is 5.82 Å². The highest BCUT2D eigenvalue weighted by molar-refractivity contribution is 5.67. The smallest absolute Gasteiger partial charge is 0.166 e. The average Bonchev–Trinajstić information content (AvgIpc) is 3.44. The second-order valence-electron chi connectivity index (χ2n) is 9.06. The van der Waals surface area contributed by atoms with Gasteiger partial charge in [0.05, 0.1) is 18.4 Å². The highest BCUT2D eigenvalue weighted by Crippen LogP contribution is 2.32. The molecule has 0 spiro atoms. The van der Waals surface area contributed by atoms with Crippen LogP contribution in [0, 0.1) is 5.82 Å². The van der Waals surface area contributed by atoms with Crippen LogP contribution in [0.15, 0.2) is 61.2 Å². The molecule has 2 fully saturated rings. The van der Waals surface area contributed by atoms with Crippen LogP contribution < -0.4 is 9.64 Å². The molecule has 0 amide bonds. The number of hydrogen-bond acceptors (Lipinski definition) is 7. The number of benzene rings is 1. The first-order chi connectivity index (χ1) is 17.1. The Morgan fingerprint density at radius 3 is 2.49 bits per heavy atom. The van der Waals surface area contributed by atoms with E-state index in [0.29, 0.717) is 29.2 Å². The Labute approximate surface area is 203 Å². The minimum atomic E-state index is -0.439. The van der Waals surface area contributed by atoms with Gasteiger partial charge < -0.3 is 9.64 Å². The lowest BCUT2D eigenvalue weighted by Gasteiger charge is -2.39. The topological polar surface area (TPSA) is 72.2 Å². The molecule has 8 nitrogen and oxygen atoms in total. The number of rotatable bonds is 5. The molecule has 35 heavy (non-hydrogen) atoms. The van der Waals surface area contributed by atoms with Gasteiger partial charge in [-0.25, -0.2) is 24.3 Å². The van der Waals surface area contributed by atoms with Gasteiger partial charge in [0.1, 0.15) is 35.2 Å². The van der Waals surface area contributed by atoms with Crippen molar-refractivity contribution in [2.75, 3.05) is 32.1 Å². The van der Waals surface area contributed by atoms with E-state index in [1.165, 1.54) is 26.0 Å². The van der Waals surface area contributed by atoms with Crippen molar-refractivity contribution in [3.63, 3.8) is 0 Å². The Bertz CT molecular complexity index is 1360. The molecule has 3 aromatic heterocycles. The van der Waals surface area contributed by atoms with E-state index in [0.717, 1.165) is 24.7 Å². The summed E-state index contributed by atoms with van der Waals surface area (Å²) in [5, 5.41) is 0. The number of piperazine rings is 1. The van der Waals surface area contributed by atoms with Gasteiger partial charge in [-0.3, -0.25) is 9.47 Å². The molecule has 2 unspecified atom stereocenters. The molecule has 0 aliphatic carbocycles. The number of imidazole rings is 1. The second kappa shape index (κ2) is 8.74. The van der Waals surface area contributed by atoms with Crippen LogP contribution in [0.25, 0.3) is 28.6 Å². The van der Waals surface area contributed by atoms with Crippen molar-refractivity contribution in [2.24, 2.45) is 0 Å². The van der Waals surface area contributed by atoms with Gasteiger partial charge in [0, 0.05) is 37.6 Å². The molecule has 178 valence electrons. The number of nitrogens with zero attached hydrogens (tertiary/aromatic N) is 7. The Morgan fingerprint density at radius 2 is 1.69 bits per heavy atom. The minimum absolute atomic E-state index is 0.229. The third-order valence-electron chi connectivity index (χ3n) is 7.08. The molecule has 9 heteroatoms. The first-order valence-corrected chi connectivity index (χ1v) is 11.8. The summed E-state index contributed by atoms with van der Waals surface area (Å²) >= 11 is 0. The van der Waals surface area contributed by atoms with Crippen molar-refractivity contribution in [1.82, 2.24) is 29.4 Å². The number of anilines is 1. The van der Waals surface area contributed by atoms with Crippen molar-refractivity contribution in [3.8, 4) is 34.3 Å². The van der Waals surface area contributed by atoms with Gasteiger partial charge in [-0.15, -0.1) is 0 Å². The van der Waals surface area contributed by atoms with Gasteiger partial charge in [0.25, 0.3) is 0 Å². The quantitative estimate of drug-likeness (QED) is 0.438. The predicted molar refractivity (Wildman–Crippen MR) is 131 cm³/mol. The summed E-state index contributed by atoms with van der Waals surface area (Å²) in [4.78, 5) is 23.2. The SMILES string of the molecule is COc1cccc(F)c1-c1nccc(-c2cn(-c3cccc(N4CC5CCC(C4)N5C)n3)cn2)n1. The number of ether oxygens (including phenoxy) is 1. The summed E-state index contributed by atoms with van der Waals surface area (Å²) < 4.78 is 21.8. The standard InChI is InChI=1S/C26H26FN7O/c1-32-17-9-10-18(32)14-33(13-17)23-7-4-8-24(31-23)34-15-21(29-16-34)20-11-12-28-26(30-20)25-19(27)5-3-6-22(25)35-2/h3-8,11-12,15-18H,9-10,13-14H2,1-2H3. The zero-order chi connectivity index (χ0) is 23.9. The van der Waals surface area contributed by atoms with Crippen LogP contribution in [-0.2, 0) is 0 Å².